The summed E-state index contributed by atoms with van der Waals surface area (Å²) in [6.45, 7) is 6.12. The first-order chi connectivity index (χ1) is 13.4. The van der Waals surface area contributed by atoms with Crippen LogP contribution in [0.15, 0.2) is 54.6 Å². The summed E-state index contributed by atoms with van der Waals surface area (Å²) in [5, 5.41) is 8.24. The van der Waals surface area contributed by atoms with Crippen molar-refractivity contribution in [3.8, 4) is 22.7 Å². The molecule has 3 rings (SSSR count). The number of carbonyl (C=O) groups excluding carboxylic acids is 1. The van der Waals surface area contributed by atoms with Crippen LogP contribution in [0.2, 0.25) is 5.02 Å². The molecular formula is C22H24ClN3O2. The zero-order valence-electron chi connectivity index (χ0n) is 16.4. The number of halogens is 1. The van der Waals surface area contributed by atoms with Crippen LogP contribution in [0.1, 0.15) is 31.3 Å². The van der Waals surface area contributed by atoms with Crippen molar-refractivity contribution in [3.05, 3.63) is 65.3 Å². The summed E-state index contributed by atoms with van der Waals surface area (Å²) in [6, 6.07) is 16.7. The molecule has 0 fully saturated rings. The lowest BCUT2D eigenvalue weighted by atomic mass is 10.1. The lowest BCUT2D eigenvalue weighted by molar-refractivity contribution is 0.0922. The van der Waals surface area contributed by atoms with Crippen molar-refractivity contribution >= 4 is 17.5 Å². The quantitative estimate of drug-likeness (QED) is 0.638. The molecule has 1 aromatic heterocycles. The van der Waals surface area contributed by atoms with Gasteiger partial charge in [-0.05, 0) is 43.2 Å². The number of hydrogen-bond donors (Lipinski definition) is 1. The summed E-state index contributed by atoms with van der Waals surface area (Å²) >= 11 is 6.38. The first-order valence-corrected chi connectivity index (χ1v) is 9.58. The van der Waals surface area contributed by atoms with E-state index in [9.17, 15) is 4.79 Å². The normalized spacial score (nSPS) is 12.1. The molecule has 1 amide bonds. The van der Waals surface area contributed by atoms with Gasteiger partial charge in [0.2, 0.25) is 0 Å². The third kappa shape index (κ3) is 4.20. The highest BCUT2D eigenvalue weighted by Crippen LogP contribution is 2.27. The molecule has 6 heteroatoms. The molecule has 1 N–H and O–H groups in total. The monoisotopic (exact) mass is 397 g/mol. The highest BCUT2D eigenvalue weighted by atomic mass is 35.5. The highest BCUT2D eigenvalue weighted by molar-refractivity contribution is 6.32. The molecule has 3 aromatic rings. The van der Waals surface area contributed by atoms with E-state index in [2.05, 4.69) is 24.3 Å². The van der Waals surface area contributed by atoms with Gasteiger partial charge in [0, 0.05) is 11.6 Å². The van der Waals surface area contributed by atoms with Crippen LogP contribution in [0.5, 0.6) is 5.75 Å². The molecular weight excluding hydrogens is 374 g/mol. The Labute approximate surface area is 170 Å². The van der Waals surface area contributed by atoms with E-state index in [1.165, 1.54) is 0 Å². The molecule has 0 radical (unpaired) electrons. The minimum atomic E-state index is -0.192. The van der Waals surface area contributed by atoms with Gasteiger partial charge in [0.15, 0.2) is 0 Å². The maximum Gasteiger partial charge on any atom is 0.270 e. The van der Waals surface area contributed by atoms with Gasteiger partial charge in [-0.15, -0.1) is 0 Å². The number of ether oxygens (including phenoxy) is 1. The Morgan fingerprint density at radius 3 is 2.54 bits per heavy atom. The number of methoxy groups -OCH3 is 1. The molecule has 0 aliphatic heterocycles. The molecule has 146 valence electrons. The number of aromatic nitrogens is 2. The number of nitrogens with zero attached hydrogens (tertiary/aromatic N) is 2. The fourth-order valence-corrected chi connectivity index (χ4v) is 2.94. The van der Waals surface area contributed by atoms with Crippen molar-refractivity contribution in [2.24, 2.45) is 5.92 Å². The Bertz CT molecular complexity index is 981. The maximum atomic E-state index is 13.0. The van der Waals surface area contributed by atoms with E-state index in [-0.39, 0.29) is 11.9 Å². The van der Waals surface area contributed by atoms with Gasteiger partial charge in [-0.25, -0.2) is 4.68 Å². The molecule has 2 aromatic carbocycles. The minimum Gasteiger partial charge on any atom is -0.497 e. The van der Waals surface area contributed by atoms with E-state index < -0.39 is 0 Å². The second kappa shape index (κ2) is 8.48. The van der Waals surface area contributed by atoms with Crippen LogP contribution in [-0.4, -0.2) is 28.8 Å². The number of nitrogens with one attached hydrogen (secondary N) is 1. The maximum absolute atomic E-state index is 13.0. The van der Waals surface area contributed by atoms with E-state index in [1.807, 2.05) is 49.4 Å². The van der Waals surface area contributed by atoms with Gasteiger partial charge in [-0.1, -0.05) is 49.7 Å². The van der Waals surface area contributed by atoms with Crippen LogP contribution in [0.25, 0.3) is 16.9 Å². The van der Waals surface area contributed by atoms with Crippen LogP contribution >= 0.6 is 11.6 Å². The van der Waals surface area contributed by atoms with Crippen molar-refractivity contribution < 1.29 is 9.53 Å². The number of rotatable bonds is 6. The molecule has 28 heavy (non-hydrogen) atoms. The number of carbonyl (C=O) groups is 1. The van der Waals surface area contributed by atoms with Crippen LogP contribution in [0, 0.1) is 5.92 Å². The fourth-order valence-electron chi connectivity index (χ4n) is 2.72. The summed E-state index contributed by atoms with van der Waals surface area (Å²) < 4.78 is 6.91. The average molecular weight is 398 g/mol. The molecule has 0 bridgehead atoms. The van der Waals surface area contributed by atoms with Crippen molar-refractivity contribution in [3.63, 3.8) is 0 Å². The van der Waals surface area contributed by atoms with Gasteiger partial charge in [0.1, 0.15) is 11.4 Å². The Kier molecular flexibility index (Phi) is 6.05. The topological polar surface area (TPSA) is 56.1 Å². The zero-order valence-corrected chi connectivity index (χ0v) is 17.2. The Hall–Kier alpha value is -2.79. The number of para-hydroxylation sites is 1. The fraction of sp³-hybridized carbons (Fsp3) is 0.273. The molecule has 0 aliphatic carbocycles. The Balaban J connectivity index is 2.09. The smallest absolute Gasteiger partial charge is 0.270 e. The molecule has 5 nitrogen and oxygen atoms in total. The van der Waals surface area contributed by atoms with E-state index in [0.717, 1.165) is 11.3 Å². The summed E-state index contributed by atoms with van der Waals surface area (Å²) in [7, 11) is 1.62. The lowest BCUT2D eigenvalue weighted by Gasteiger charge is -2.17. The average Bonchev–Trinajstić information content (AvgIpc) is 3.13. The Morgan fingerprint density at radius 2 is 1.86 bits per heavy atom. The minimum absolute atomic E-state index is 0.0300. The molecule has 0 aliphatic rings. The van der Waals surface area contributed by atoms with Gasteiger partial charge in [0.25, 0.3) is 5.91 Å². The Morgan fingerprint density at radius 1 is 1.11 bits per heavy atom. The first-order valence-electron chi connectivity index (χ1n) is 9.21. The molecule has 1 atom stereocenters. The largest absolute Gasteiger partial charge is 0.497 e. The molecule has 0 spiro atoms. The van der Waals surface area contributed by atoms with E-state index >= 15 is 0 Å². The second-order valence-corrected chi connectivity index (χ2v) is 7.42. The summed E-state index contributed by atoms with van der Waals surface area (Å²) in [6.07, 6.45) is 0. The second-order valence-electron chi connectivity index (χ2n) is 7.02. The van der Waals surface area contributed by atoms with Crippen molar-refractivity contribution in [2.75, 3.05) is 7.11 Å². The van der Waals surface area contributed by atoms with Gasteiger partial charge in [-0.2, -0.15) is 5.10 Å². The van der Waals surface area contributed by atoms with Crippen LogP contribution in [-0.2, 0) is 0 Å². The number of hydrogen-bond acceptors (Lipinski definition) is 3. The summed E-state index contributed by atoms with van der Waals surface area (Å²) in [5.41, 5.74) is 2.61. The molecule has 0 unspecified atom stereocenters. The van der Waals surface area contributed by atoms with Crippen molar-refractivity contribution in [1.82, 2.24) is 15.1 Å². The van der Waals surface area contributed by atoms with Crippen LogP contribution in [0.4, 0.5) is 0 Å². The van der Waals surface area contributed by atoms with Crippen LogP contribution < -0.4 is 10.1 Å². The molecule has 0 saturated carbocycles. The number of amides is 1. The van der Waals surface area contributed by atoms with E-state index in [4.69, 9.17) is 16.3 Å². The van der Waals surface area contributed by atoms with Gasteiger partial charge < -0.3 is 10.1 Å². The van der Waals surface area contributed by atoms with Gasteiger partial charge in [0.05, 0.1) is 23.5 Å². The highest BCUT2D eigenvalue weighted by Gasteiger charge is 2.21. The zero-order chi connectivity index (χ0) is 20.3. The van der Waals surface area contributed by atoms with Crippen molar-refractivity contribution in [1.29, 1.82) is 0 Å². The predicted octanol–water partition coefficient (Wildman–Crippen LogP) is 4.98. The first kappa shape index (κ1) is 20.0. The lowest BCUT2D eigenvalue weighted by Crippen LogP contribution is -2.37. The predicted molar refractivity (Wildman–Crippen MR) is 112 cm³/mol. The van der Waals surface area contributed by atoms with E-state index in [1.54, 1.807) is 23.9 Å². The molecule has 1 heterocycles. The third-order valence-corrected chi connectivity index (χ3v) is 5.07. The standard InChI is InChI=1S/C22H24ClN3O2/c1-14(2)15(3)24-22(27)21-13-19(16-8-7-9-17(12-16)28-4)25-26(21)20-11-6-5-10-18(20)23/h5-15H,1-4H3,(H,24,27)/t15-/m0/s1. The summed E-state index contributed by atoms with van der Waals surface area (Å²) in [4.78, 5) is 13.0. The number of benzene rings is 2. The van der Waals surface area contributed by atoms with E-state index in [0.29, 0.717) is 28.0 Å². The SMILES string of the molecule is COc1cccc(-c2cc(C(=O)N[C@@H](C)C(C)C)n(-c3ccccc3Cl)n2)c1. The van der Waals surface area contributed by atoms with Gasteiger partial charge >= 0.3 is 0 Å². The van der Waals surface area contributed by atoms with Crippen molar-refractivity contribution in [2.45, 2.75) is 26.8 Å². The van der Waals surface area contributed by atoms with Crippen LogP contribution in [0.3, 0.4) is 0 Å². The summed E-state index contributed by atoms with van der Waals surface area (Å²) in [5.74, 6) is 0.852. The van der Waals surface area contributed by atoms with Gasteiger partial charge in [-0.3, -0.25) is 4.79 Å². The third-order valence-electron chi connectivity index (χ3n) is 4.75. The molecule has 0 saturated heterocycles.